The van der Waals surface area contributed by atoms with Gasteiger partial charge in [-0.2, -0.15) is 0 Å². The molecule has 4 heteroatoms. The van der Waals surface area contributed by atoms with Crippen LogP contribution in [-0.4, -0.2) is 19.9 Å². The third-order valence-corrected chi connectivity index (χ3v) is 5.14. The Morgan fingerprint density at radius 1 is 1.28 bits per heavy atom. The second-order valence-corrected chi connectivity index (χ2v) is 7.55. The summed E-state index contributed by atoms with van der Waals surface area (Å²) in [5.41, 5.74) is 8.10. The quantitative estimate of drug-likeness (QED) is 0.862. The van der Waals surface area contributed by atoms with E-state index in [2.05, 4.69) is 0 Å². The fourth-order valence-electron chi connectivity index (χ4n) is 2.15. The lowest BCUT2D eigenvalue weighted by Crippen LogP contribution is -2.34. The molecule has 3 nitrogen and oxygen atoms in total. The Hall–Kier alpha value is -0.870. The van der Waals surface area contributed by atoms with Crippen LogP contribution in [0.4, 0.5) is 0 Å². The molecule has 0 amide bonds. The van der Waals surface area contributed by atoms with E-state index in [1.54, 1.807) is 6.92 Å². The molecule has 1 aromatic carbocycles. The first-order valence-electron chi connectivity index (χ1n) is 6.34. The lowest BCUT2D eigenvalue weighted by Gasteiger charge is -2.27. The van der Waals surface area contributed by atoms with Gasteiger partial charge < -0.3 is 5.73 Å². The van der Waals surface area contributed by atoms with Gasteiger partial charge in [-0.15, -0.1) is 0 Å². The number of benzene rings is 1. The highest BCUT2D eigenvalue weighted by Gasteiger charge is 2.23. The van der Waals surface area contributed by atoms with E-state index in [1.165, 1.54) is 0 Å². The molecule has 0 aliphatic rings. The van der Waals surface area contributed by atoms with Gasteiger partial charge in [-0.3, -0.25) is 0 Å². The number of sulfone groups is 1. The Bertz CT molecular complexity index is 492. The Labute approximate surface area is 110 Å². The molecule has 0 aliphatic heterocycles. The highest BCUT2D eigenvalue weighted by molar-refractivity contribution is 7.91. The smallest absolute Gasteiger partial charge is 0.150 e. The first-order chi connectivity index (χ1) is 8.28. The number of aryl methyl sites for hydroxylation is 1. The summed E-state index contributed by atoms with van der Waals surface area (Å²) in [6, 6.07) is 8.00. The molecule has 0 heterocycles. The van der Waals surface area contributed by atoms with Crippen LogP contribution < -0.4 is 5.73 Å². The molecule has 18 heavy (non-hydrogen) atoms. The van der Waals surface area contributed by atoms with Crippen molar-refractivity contribution in [3.8, 4) is 0 Å². The Kier molecular flexibility index (Phi) is 4.93. The molecule has 0 spiro atoms. The Morgan fingerprint density at radius 2 is 1.89 bits per heavy atom. The Morgan fingerprint density at radius 3 is 2.44 bits per heavy atom. The summed E-state index contributed by atoms with van der Waals surface area (Å²) >= 11 is 0. The van der Waals surface area contributed by atoms with E-state index in [-0.39, 0.29) is 11.5 Å². The van der Waals surface area contributed by atoms with E-state index in [0.717, 1.165) is 11.1 Å². The highest BCUT2D eigenvalue weighted by Crippen LogP contribution is 2.26. The van der Waals surface area contributed by atoms with Crippen molar-refractivity contribution in [2.45, 2.75) is 39.2 Å². The van der Waals surface area contributed by atoms with E-state index in [9.17, 15) is 8.42 Å². The SMILES string of the molecule is CCS(=O)(=O)CCCC(C)(N)c1ccccc1C. The van der Waals surface area contributed by atoms with Crippen molar-refractivity contribution in [2.75, 3.05) is 11.5 Å². The van der Waals surface area contributed by atoms with Crippen molar-refractivity contribution < 1.29 is 8.42 Å². The first kappa shape index (κ1) is 15.2. The predicted molar refractivity (Wildman–Crippen MR) is 76.3 cm³/mol. The summed E-state index contributed by atoms with van der Waals surface area (Å²) < 4.78 is 22.9. The molecule has 0 fully saturated rings. The molecule has 2 N–H and O–H groups in total. The number of rotatable bonds is 6. The maximum absolute atomic E-state index is 11.4. The molecular weight excluding hydrogens is 246 g/mol. The molecular formula is C14H23NO2S. The minimum absolute atomic E-state index is 0.207. The highest BCUT2D eigenvalue weighted by atomic mass is 32.2. The van der Waals surface area contributed by atoms with Crippen molar-refractivity contribution >= 4 is 9.84 Å². The van der Waals surface area contributed by atoms with Gasteiger partial charge in [-0.1, -0.05) is 31.2 Å². The maximum atomic E-state index is 11.4. The second-order valence-electron chi connectivity index (χ2n) is 5.07. The van der Waals surface area contributed by atoms with Crippen LogP contribution in [0.5, 0.6) is 0 Å². The minimum Gasteiger partial charge on any atom is -0.322 e. The van der Waals surface area contributed by atoms with E-state index in [0.29, 0.717) is 12.8 Å². The molecule has 1 rings (SSSR count). The van der Waals surface area contributed by atoms with Crippen LogP contribution in [0.3, 0.4) is 0 Å². The van der Waals surface area contributed by atoms with Gasteiger partial charge in [0, 0.05) is 11.3 Å². The lowest BCUT2D eigenvalue weighted by molar-refractivity contribution is 0.444. The summed E-state index contributed by atoms with van der Waals surface area (Å²) in [5, 5.41) is 0. The summed E-state index contributed by atoms with van der Waals surface area (Å²) in [6.45, 7) is 5.68. The third-order valence-electron chi connectivity index (χ3n) is 3.35. The second kappa shape index (κ2) is 5.85. The van der Waals surface area contributed by atoms with Crippen molar-refractivity contribution in [1.29, 1.82) is 0 Å². The molecule has 0 saturated carbocycles. The summed E-state index contributed by atoms with van der Waals surface area (Å²) in [7, 11) is -2.89. The van der Waals surface area contributed by atoms with Gasteiger partial charge in [0.15, 0.2) is 0 Å². The summed E-state index contributed by atoms with van der Waals surface area (Å²) in [6.07, 6.45) is 1.29. The third kappa shape index (κ3) is 4.10. The summed E-state index contributed by atoms with van der Waals surface area (Å²) in [5.74, 6) is 0.431. The molecule has 1 atom stereocenters. The number of hydrogen-bond acceptors (Lipinski definition) is 3. The van der Waals surface area contributed by atoms with Gasteiger partial charge in [0.05, 0.1) is 5.75 Å². The zero-order valence-electron chi connectivity index (χ0n) is 11.4. The molecule has 0 aromatic heterocycles. The van der Waals surface area contributed by atoms with Gasteiger partial charge in [-0.05, 0) is 37.8 Å². The molecule has 0 radical (unpaired) electrons. The zero-order valence-corrected chi connectivity index (χ0v) is 12.3. The topological polar surface area (TPSA) is 60.2 Å². The predicted octanol–water partition coefficient (Wildman–Crippen LogP) is 2.38. The lowest BCUT2D eigenvalue weighted by atomic mass is 9.86. The van der Waals surface area contributed by atoms with Gasteiger partial charge in [0.2, 0.25) is 0 Å². The molecule has 1 aromatic rings. The fourth-order valence-corrected chi connectivity index (χ4v) is 3.02. The van der Waals surface area contributed by atoms with Crippen LogP contribution in [0.25, 0.3) is 0 Å². The van der Waals surface area contributed by atoms with Crippen LogP contribution >= 0.6 is 0 Å². The molecule has 0 saturated heterocycles. The van der Waals surface area contributed by atoms with Crippen molar-refractivity contribution in [2.24, 2.45) is 5.73 Å². The van der Waals surface area contributed by atoms with Crippen molar-refractivity contribution in [3.63, 3.8) is 0 Å². The molecule has 0 bridgehead atoms. The van der Waals surface area contributed by atoms with E-state index in [1.807, 2.05) is 38.1 Å². The first-order valence-corrected chi connectivity index (χ1v) is 8.16. The van der Waals surface area contributed by atoms with E-state index >= 15 is 0 Å². The van der Waals surface area contributed by atoms with Crippen molar-refractivity contribution in [1.82, 2.24) is 0 Å². The minimum atomic E-state index is -2.89. The normalized spacial score (nSPS) is 15.3. The van der Waals surface area contributed by atoms with Crippen LogP contribution in [0, 0.1) is 6.92 Å². The Balaban J connectivity index is 2.69. The zero-order chi connectivity index (χ0) is 13.8. The maximum Gasteiger partial charge on any atom is 0.150 e. The average molecular weight is 269 g/mol. The van der Waals surface area contributed by atoms with Gasteiger partial charge >= 0.3 is 0 Å². The van der Waals surface area contributed by atoms with Crippen molar-refractivity contribution in [3.05, 3.63) is 35.4 Å². The van der Waals surface area contributed by atoms with E-state index < -0.39 is 15.4 Å². The van der Waals surface area contributed by atoms with Crippen LogP contribution in [0.2, 0.25) is 0 Å². The average Bonchev–Trinajstić information content (AvgIpc) is 2.29. The number of hydrogen-bond donors (Lipinski definition) is 1. The standard InChI is InChI=1S/C14H23NO2S/c1-4-18(16,17)11-7-10-14(3,15)13-9-6-5-8-12(13)2/h5-6,8-9H,4,7,10-11,15H2,1-3H3. The van der Waals surface area contributed by atoms with E-state index in [4.69, 9.17) is 5.73 Å². The summed E-state index contributed by atoms with van der Waals surface area (Å²) in [4.78, 5) is 0. The molecule has 1 unspecified atom stereocenters. The molecule has 0 aliphatic carbocycles. The number of nitrogens with two attached hydrogens (primary N) is 1. The van der Waals surface area contributed by atoms with Gasteiger partial charge in [0.1, 0.15) is 9.84 Å². The van der Waals surface area contributed by atoms with Crippen LogP contribution in [0.15, 0.2) is 24.3 Å². The fraction of sp³-hybridized carbons (Fsp3) is 0.571. The van der Waals surface area contributed by atoms with Gasteiger partial charge in [-0.25, -0.2) is 8.42 Å². The molecule has 102 valence electrons. The largest absolute Gasteiger partial charge is 0.322 e. The van der Waals surface area contributed by atoms with Gasteiger partial charge in [0.25, 0.3) is 0 Å². The van der Waals surface area contributed by atoms with Crippen LogP contribution in [-0.2, 0) is 15.4 Å². The van der Waals surface area contributed by atoms with Crippen LogP contribution in [0.1, 0.15) is 37.8 Å². The monoisotopic (exact) mass is 269 g/mol.